The number of nitrogens with one attached hydrogen (secondary N) is 2. The summed E-state index contributed by atoms with van der Waals surface area (Å²) in [5, 5.41) is 13.4. The third-order valence-electron chi connectivity index (χ3n) is 7.70. The minimum atomic E-state index is -0.638. The highest BCUT2D eigenvalue weighted by atomic mass is 35.5. The summed E-state index contributed by atoms with van der Waals surface area (Å²) < 4.78 is 22.5. The molecule has 3 fully saturated rings. The smallest absolute Gasteiger partial charge is 0.407 e. The van der Waals surface area contributed by atoms with Gasteiger partial charge in [-0.3, -0.25) is 0 Å². The lowest BCUT2D eigenvalue weighted by atomic mass is 9.81. The number of amides is 1. The number of alkyl carbamates (subject to hydrolysis) is 1. The summed E-state index contributed by atoms with van der Waals surface area (Å²) in [7, 11) is 0. The van der Waals surface area contributed by atoms with Crippen LogP contribution < -0.4 is 10.1 Å². The van der Waals surface area contributed by atoms with Crippen molar-refractivity contribution in [1.82, 2.24) is 20.3 Å². The van der Waals surface area contributed by atoms with E-state index in [1.165, 1.54) is 5.56 Å². The molecular formula is C28H33ClN4O6. The van der Waals surface area contributed by atoms with Crippen LogP contribution in [0.3, 0.4) is 0 Å². The Kier molecular flexibility index (Phi) is 7.37. The fourth-order valence-electron chi connectivity index (χ4n) is 5.74. The highest BCUT2D eigenvalue weighted by Gasteiger charge is 2.48. The minimum absolute atomic E-state index is 0.121. The fraction of sp³-hybridized carbons (Fsp3) is 0.536. The summed E-state index contributed by atoms with van der Waals surface area (Å²) in [6.07, 6.45) is 1.70. The van der Waals surface area contributed by atoms with E-state index >= 15 is 0 Å². The Morgan fingerprint density at radius 1 is 1.10 bits per heavy atom. The maximum atomic E-state index is 11.9. The van der Waals surface area contributed by atoms with E-state index in [-0.39, 0.29) is 43.2 Å². The fourth-order valence-corrected chi connectivity index (χ4v) is 6.00. The van der Waals surface area contributed by atoms with Crippen LogP contribution >= 0.6 is 11.6 Å². The lowest BCUT2D eigenvalue weighted by Gasteiger charge is -2.29. The molecule has 4 atom stereocenters. The van der Waals surface area contributed by atoms with Gasteiger partial charge in [-0.2, -0.15) is 4.98 Å². The van der Waals surface area contributed by atoms with Gasteiger partial charge in [-0.05, 0) is 57.1 Å². The van der Waals surface area contributed by atoms with Crippen molar-refractivity contribution < 1.29 is 28.8 Å². The lowest BCUT2D eigenvalue weighted by molar-refractivity contribution is 0.00706. The van der Waals surface area contributed by atoms with Crippen molar-refractivity contribution in [2.24, 2.45) is 0 Å². The van der Waals surface area contributed by atoms with E-state index < -0.39 is 6.10 Å². The lowest BCUT2D eigenvalue weighted by Crippen LogP contribution is -2.38. The summed E-state index contributed by atoms with van der Waals surface area (Å²) >= 11 is 6.62. The van der Waals surface area contributed by atoms with Crippen LogP contribution in [0, 0.1) is 0 Å². The highest BCUT2D eigenvalue weighted by molar-refractivity contribution is 6.33. The summed E-state index contributed by atoms with van der Waals surface area (Å²) in [5.41, 5.74) is 3.99. The predicted octanol–water partition coefficient (Wildman–Crippen LogP) is 4.35. The number of benzene rings is 1. The van der Waals surface area contributed by atoms with E-state index in [4.69, 9.17) is 35.5 Å². The number of fused-ring (bicyclic) bond motifs is 2. The largest absolute Gasteiger partial charge is 0.456 e. The third-order valence-corrected chi connectivity index (χ3v) is 7.99. The maximum Gasteiger partial charge on any atom is 0.407 e. The first kappa shape index (κ1) is 26.3. The second-order valence-electron chi connectivity index (χ2n) is 10.8. The number of rotatable bonds is 6. The molecule has 2 saturated heterocycles. The molecule has 3 aromatic rings. The number of H-pyrrole nitrogens is 1. The van der Waals surface area contributed by atoms with Gasteiger partial charge in [0.2, 0.25) is 0 Å². The summed E-state index contributed by atoms with van der Waals surface area (Å²) in [5.74, 6) is 0.444. The topological polar surface area (TPSA) is 128 Å². The molecule has 0 bridgehead atoms. The molecule has 2 aliphatic heterocycles. The van der Waals surface area contributed by atoms with Gasteiger partial charge < -0.3 is 34.4 Å². The Hall–Kier alpha value is -2.92. The third kappa shape index (κ3) is 5.56. The number of aliphatic hydroxyl groups excluding tert-OH is 1. The number of carbonyl (C=O) groups is 1. The molecule has 3 N–H and O–H groups in total. The molecule has 0 unspecified atom stereocenters. The molecule has 0 spiro atoms. The van der Waals surface area contributed by atoms with Crippen LogP contribution in [0.2, 0.25) is 5.02 Å². The Bertz CT molecular complexity index is 1320. The first-order chi connectivity index (χ1) is 18.8. The standard InChI is InChI=1S/C28H33ClN4O6/c1-14(2)38-28(35)30-18-9-7-16(8-10-18)15-3-5-17(6-4-15)23-19(29)11-20-26(32-23)33-27(31-20)39-22-13-37-24-21(34)12-36-25(22)24/h3-6,11,14,16,18,21-22,24-25,34H,7-10,12-13H2,1-2H3,(H,30,35)(H,31,32,33)/t16?,18?,21-,22-,24-,25-/m1/s1. The first-order valence-corrected chi connectivity index (χ1v) is 13.9. The van der Waals surface area contributed by atoms with Gasteiger partial charge >= 0.3 is 6.09 Å². The van der Waals surface area contributed by atoms with Crippen LogP contribution in [-0.2, 0) is 14.2 Å². The number of imidazole rings is 1. The van der Waals surface area contributed by atoms with Gasteiger partial charge in [-0.15, -0.1) is 0 Å². The number of carbonyl (C=O) groups excluding carboxylic acids is 1. The van der Waals surface area contributed by atoms with E-state index in [1.807, 2.05) is 26.0 Å². The Balaban J connectivity index is 1.10. The normalized spacial score (nSPS) is 28.5. The van der Waals surface area contributed by atoms with Crippen LogP contribution in [0.5, 0.6) is 6.01 Å². The van der Waals surface area contributed by atoms with E-state index in [1.54, 1.807) is 6.07 Å². The quantitative estimate of drug-likeness (QED) is 0.409. The average molecular weight is 557 g/mol. The minimum Gasteiger partial charge on any atom is -0.456 e. The van der Waals surface area contributed by atoms with Gasteiger partial charge in [0.15, 0.2) is 11.8 Å². The Labute approximate surface area is 231 Å². The summed E-state index contributed by atoms with van der Waals surface area (Å²) in [6, 6.07) is 10.6. The van der Waals surface area contributed by atoms with E-state index in [0.29, 0.717) is 40.4 Å². The summed E-state index contributed by atoms with van der Waals surface area (Å²) in [4.78, 5) is 24.2. The molecule has 1 aliphatic carbocycles. The molecule has 6 rings (SSSR count). The van der Waals surface area contributed by atoms with Crippen molar-refractivity contribution in [3.8, 4) is 17.3 Å². The average Bonchev–Trinajstić information content (AvgIpc) is 3.60. The number of halogens is 1. The number of hydrogen-bond donors (Lipinski definition) is 3. The molecule has 208 valence electrons. The Morgan fingerprint density at radius 3 is 2.59 bits per heavy atom. The van der Waals surface area contributed by atoms with Crippen molar-refractivity contribution in [2.45, 2.75) is 82.0 Å². The number of aromatic nitrogens is 3. The number of ether oxygens (including phenoxy) is 4. The number of aliphatic hydroxyl groups is 1. The van der Waals surface area contributed by atoms with Crippen molar-refractivity contribution >= 4 is 28.9 Å². The molecule has 4 heterocycles. The molecule has 1 aromatic carbocycles. The first-order valence-electron chi connectivity index (χ1n) is 13.6. The zero-order valence-electron chi connectivity index (χ0n) is 21.9. The highest BCUT2D eigenvalue weighted by Crippen LogP contribution is 2.36. The van der Waals surface area contributed by atoms with E-state index in [2.05, 4.69) is 27.4 Å². The van der Waals surface area contributed by atoms with Crippen LogP contribution in [0.15, 0.2) is 30.3 Å². The van der Waals surface area contributed by atoms with Gasteiger partial charge in [-0.1, -0.05) is 35.9 Å². The molecule has 39 heavy (non-hydrogen) atoms. The number of nitrogens with zero attached hydrogens (tertiary/aromatic N) is 2. The van der Waals surface area contributed by atoms with Crippen LogP contribution in [0.1, 0.15) is 51.0 Å². The number of aromatic amines is 1. The van der Waals surface area contributed by atoms with E-state index in [9.17, 15) is 9.90 Å². The van der Waals surface area contributed by atoms with Crippen LogP contribution in [0.4, 0.5) is 4.79 Å². The SMILES string of the molecule is CC(C)OC(=O)NC1CCC(c2ccc(-c3nc4nc(O[C@@H]5CO[C@H]6[C@@H]5OC[C@H]6O)[nH]c4cc3Cl)cc2)CC1. The summed E-state index contributed by atoms with van der Waals surface area (Å²) in [6.45, 7) is 4.25. The zero-order valence-corrected chi connectivity index (χ0v) is 22.7. The maximum absolute atomic E-state index is 11.9. The van der Waals surface area contributed by atoms with Crippen LogP contribution in [0.25, 0.3) is 22.4 Å². The monoisotopic (exact) mass is 556 g/mol. The van der Waals surface area contributed by atoms with Gasteiger partial charge in [-0.25, -0.2) is 9.78 Å². The van der Waals surface area contributed by atoms with Crippen molar-refractivity contribution in [2.75, 3.05) is 13.2 Å². The number of hydrogen-bond acceptors (Lipinski definition) is 8. The van der Waals surface area contributed by atoms with Crippen molar-refractivity contribution in [1.29, 1.82) is 0 Å². The molecular weight excluding hydrogens is 524 g/mol. The van der Waals surface area contributed by atoms with Crippen molar-refractivity contribution in [3.05, 3.63) is 40.9 Å². The van der Waals surface area contributed by atoms with Gasteiger partial charge in [0.25, 0.3) is 6.01 Å². The molecule has 10 nitrogen and oxygen atoms in total. The van der Waals surface area contributed by atoms with Crippen molar-refractivity contribution in [3.63, 3.8) is 0 Å². The Morgan fingerprint density at radius 2 is 1.85 bits per heavy atom. The van der Waals surface area contributed by atoms with E-state index in [0.717, 1.165) is 31.2 Å². The zero-order chi connectivity index (χ0) is 27.1. The molecule has 1 amide bonds. The second-order valence-corrected chi connectivity index (χ2v) is 11.2. The molecule has 0 radical (unpaired) electrons. The van der Waals surface area contributed by atoms with Crippen LogP contribution in [-0.4, -0.2) is 75.9 Å². The molecule has 2 aromatic heterocycles. The molecule has 1 saturated carbocycles. The van der Waals surface area contributed by atoms with Gasteiger partial charge in [0, 0.05) is 11.6 Å². The second kappa shape index (κ2) is 10.9. The predicted molar refractivity (Wildman–Crippen MR) is 144 cm³/mol. The molecule has 3 aliphatic rings. The number of pyridine rings is 1. The van der Waals surface area contributed by atoms with Gasteiger partial charge in [0.05, 0.1) is 35.6 Å². The van der Waals surface area contributed by atoms with Gasteiger partial charge in [0.1, 0.15) is 18.3 Å². The molecule has 11 heteroatoms.